The molecule has 4 aromatic carbocycles. The minimum absolute atomic E-state index is 0.963. The summed E-state index contributed by atoms with van der Waals surface area (Å²) in [6.45, 7) is 0. The molecule has 0 heterocycles. The molecule has 0 bridgehead atoms. The number of aliphatic imine (C=N–C) groups is 2. The van der Waals surface area contributed by atoms with Gasteiger partial charge < -0.3 is 0 Å². The van der Waals surface area contributed by atoms with E-state index in [9.17, 15) is 0 Å². The van der Waals surface area contributed by atoms with Crippen LogP contribution in [-0.2, 0) is 12.8 Å². The molecule has 0 aliphatic rings. The fraction of sp³-hybridized carbons (Fsp3) is 0.0625. The lowest BCUT2D eigenvalue weighted by molar-refractivity contribution is 0.960. The first-order chi connectivity index (χ1) is 16.8. The first kappa shape index (κ1) is 22.9. The van der Waals surface area contributed by atoms with Crippen LogP contribution in [0.5, 0.6) is 0 Å². The van der Waals surface area contributed by atoms with Gasteiger partial charge in [0.1, 0.15) is 0 Å². The number of hydrogen-bond donors (Lipinski definition) is 0. The molecule has 0 fully saturated rings. The molecular formula is C32H28N2. The van der Waals surface area contributed by atoms with Gasteiger partial charge in [0.25, 0.3) is 0 Å². The number of rotatable bonds is 9. The first-order valence-electron chi connectivity index (χ1n) is 11.5. The minimum Gasteiger partial charge on any atom is -0.257 e. The number of hydrogen-bond acceptors (Lipinski definition) is 2. The van der Waals surface area contributed by atoms with Crippen molar-refractivity contribution in [2.75, 3.05) is 0 Å². The van der Waals surface area contributed by atoms with Crippen LogP contribution in [0, 0.1) is 0 Å². The van der Waals surface area contributed by atoms with E-state index in [1.807, 2.05) is 61.0 Å². The summed E-state index contributed by atoms with van der Waals surface area (Å²) in [6, 6.07) is 37.4. The summed E-state index contributed by atoms with van der Waals surface area (Å²) in [7, 11) is 0. The van der Waals surface area contributed by atoms with Gasteiger partial charge in [0.15, 0.2) is 0 Å². The molecule has 166 valence electrons. The third kappa shape index (κ3) is 7.68. The Hall–Kier alpha value is -4.30. The summed E-state index contributed by atoms with van der Waals surface area (Å²) >= 11 is 0. The number of allylic oxidation sites excluding steroid dienone is 2. The van der Waals surface area contributed by atoms with Gasteiger partial charge in [0.2, 0.25) is 0 Å². The van der Waals surface area contributed by atoms with Crippen molar-refractivity contribution in [2.45, 2.75) is 12.8 Å². The van der Waals surface area contributed by atoms with Crippen LogP contribution in [0.25, 0.3) is 12.2 Å². The van der Waals surface area contributed by atoms with Crippen LogP contribution < -0.4 is 0 Å². The van der Waals surface area contributed by atoms with E-state index in [0.717, 1.165) is 24.2 Å². The van der Waals surface area contributed by atoms with Gasteiger partial charge >= 0.3 is 0 Å². The maximum absolute atomic E-state index is 4.51. The quantitative estimate of drug-likeness (QED) is 0.234. The highest BCUT2D eigenvalue weighted by atomic mass is 14.7. The lowest BCUT2D eigenvalue weighted by Crippen LogP contribution is -1.90. The van der Waals surface area contributed by atoms with Gasteiger partial charge in [-0.2, -0.15) is 0 Å². The van der Waals surface area contributed by atoms with Crippen molar-refractivity contribution < 1.29 is 0 Å². The Morgan fingerprint density at radius 3 is 1.21 bits per heavy atom. The Morgan fingerprint density at radius 1 is 0.441 bits per heavy atom. The summed E-state index contributed by atoms with van der Waals surface area (Å²) in [5, 5.41) is 0. The van der Waals surface area contributed by atoms with Gasteiger partial charge in [-0.15, -0.1) is 0 Å². The molecule has 0 saturated heterocycles. The zero-order valence-electron chi connectivity index (χ0n) is 19.2. The Balaban J connectivity index is 1.23. The summed E-state index contributed by atoms with van der Waals surface area (Å²) < 4.78 is 0. The highest BCUT2D eigenvalue weighted by molar-refractivity contribution is 5.81. The van der Waals surface area contributed by atoms with E-state index < -0.39 is 0 Å². The van der Waals surface area contributed by atoms with Crippen LogP contribution in [0.2, 0.25) is 0 Å². The smallest absolute Gasteiger partial charge is 0.0629 e. The zero-order valence-corrected chi connectivity index (χ0v) is 19.2. The van der Waals surface area contributed by atoms with Crippen molar-refractivity contribution in [1.82, 2.24) is 0 Å². The monoisotopic (exact) mass is 440 g/mol. The van der Waals surface area contributed by atoms with Gasteiger partial charge in [0, 0.05) is 12.4 Å². The van der Waals surface area contributed by atoms with Gasteiger partial charge in [-0.25, -0.2) is 0 Å². The number of nitrogens with zero attached hydrogens (tertiary/aromatic N) is 2. The molecule has 0 unspecified atom stereocenters. The predicted molar refractivity (Wildman–Crippen MR) is 148 cm³/mol. The third-order valence-corrected chi connectivity index (χ3v) is 5.37. The molecule has 0 aromatic heterocycles. The van der Waals surface area contributed by atoms with Crippen molar-refractivity contribution in [3.8, 4) is 0 Å². The van der Waals surface area contributed by atoms with Gasteiger partial charge in [-0.3, -0.25) is 9.98 Å². The van der Waals surface area contributed by atoms with Crippen LogP contribution in [0.3, 0.4) is 0 Å². The third-order valence-electron chi connectivity index (χ3n) is 5.37. The molecule has 0 aliphatic heterocycles. The molecule has 2 heteroatoms. The van der Waals surface area contributed by atoms with Crippen LogP contribution in [0.15, 0.2) is 131 Å². The van der Waals surface area contributed by atoms with Crippen molar-refractivity contribution in [2.24, 2.45) is 9.98 Å². The fourth-order valence-electron chi connectivity index (χ4n) is 3.48. The van der Waals surface area contributed by atoms with Crippen molar-refractivity contribution in [3.63, 3.8) is 0 Å². The molecule has 2 nitrogen and oxygen atoms in total. The van der Waals surface area contributed by atoms with E-state index in [2.05, 4.69) is 94.9 Å². The summed E-state index contributed by atoms with van der Waals surface area (Å²) in [5.41, 5.74) is 6.89. The summed E-state index contributed by atoms with van der Waals surface area (Å²) in [4.78, 5) is 9.02. The molecule has 4 rings (SSSR count). The maximum atomic E-state index is 4.51. The second kappa shape index (κ2) is 12.7. The van der Waals surface area contributed by atoms with Gasteiger partial charge in [-0.05, 0) is 71.5 Å². The van der Waals surface area contributed by atoms with Crippen LogP contribution in [0.4, 0.5) is 11.4 Å². The summed E-state index contributed by atoms with van der Waals surface area (Å²) in [6.07, 6.45) is 13.7. The summed E-state index contributed by atoms with van der Waals surface area (Å²) in [5.74, 6) is 0. The lowest BCUT2D eigenvalue weighted by atomic mass is 10.0. The van der Waals surface area contributed by atoms with E-state index >= 15 is 0 Å². The van der Waals surface area contributed by atoms with E-state index in [0.29, 0.717) is 0 Å². The topological polar surface area (TPSA) is 24.7 Å². The van der Waals surface area contributed by atoms with Crippen molar-refractivity contribution in [1.29, 1.82) is 0 Å². The average Bonchev–Trinajstić information content (AvgIpc) is 2.90. The van der Waals surface area contributed by atoms with Gasteiger partial charge in [0.05, 0.1) is 11.4 Å². The van der Waals surface area contributed by atoms with Crippen molar-refractivity contribution in [3.05, 3.63) is 144 Å². The van der Waals surface area contributed by atoms with E-state index in [1.165, 1.54) is 22.3 Å². The van der Waals surface area contributed by atoms with E-state index in [1.54, 1.807) is 0 Å². The SMILES string of the molecule is C(/C=C\c1ccccc1)=Nc1ccc(CCc2ccc(N=C/C=C/c3ccccc3)cc2)cc1. The molecular weight excluding hydrogens is 412 g/mol. The molecule has 0 saturated carbocycles. The second-order valence-corrected chi connectivity index (χ2v) is 7.93. The Morgan fingerprint density at radius 2 is 0.824 bits per heavy atom. The maximum Gasteiger partial charge on any atom is 0.0629 e. The van der Waals surface area contributed by atoms with E-state index in [-0.39, 0.29) is 0 Å². The van der Waals surface area contributed by atoms with Crippen LogP contribution in [-0.4, -0.2) is 12.4 Å². The Labute approximate surface area is 202 Å². The molecule has 34 heavy (non-hydrogen) atoms. The Kier molecular flexibility index (Phi) is 8.52. The minimum atomic E-state index is 0.963. The van der Waals surface area contributed by atoms with Crippen molar-refractivity contribution >= 4 is 36.0 Å². The van der Waals surface area contributed by atoms with Gasteiger partial charge in [-0.1, -0.05) is 97.1 Å². The molecule has 0 atom stereocenters. The number of benzene rings is 4. The Bertz CT molecular complexity index is 1150. The normalized spacial score (nSPS) is 11.9. The molecule has 0 radical (unpaired) electrons. The molecule has 0 aliphatic carbocycles. The zero-order chi connectivity index (χ0) is 23.3. The molecule has 0 amide bonds. The average molecular weight is 441 g/mol. The molecule has 4 aromatic rings. The van der Waals surface area contributed by atoms with Crippen LogP contribution >= 0.6 is 0 Å². The second-order valence-electron chi connectivity index (χ2n) is 7.93. The van der Waals surface area contributed by atoms with Crippen LogP contribution in [0.1, 0.15) is 22.3 Å². The predicted octanol–water partition coefficient (Wildman–Crippen LogP) is 8.30. The highest BCUT2D eigenvalue weighted by Crippen LogP contribution is 2.17. The fourth-order valence-corrected chi connectivity index (χ4v) is 3.48. The molecule has 0 spiro atoms. The molecule has 0 N–H and O–H groups in total. The first-order valence-corrected chi connectivity index (χ1v) is 11.5. The number of aryl methyl sites for hydroxylation is 2. The van der Waals surface area contributed by atoms with E-state index in [4.69, 9.17) is 0 Å². The highest BCUT2D eigenvalue weighted by Gasteiger charge is 1.97. The lowest BCUT2D eigenvalue weighted by Gasteiger charge is -2.03. The largest absolute Gasteiger partial charge is 0.257 e. The standard InChI is InChI=1S/C32H28N2/c1-3-9-27(10-4-1)13-7-25-33-31-21-17-29(18-22-31)15-16-30-19-23-32(24-20-30)34-26-8-14-28-11-5-2-6-12-28/h1-14,17-26H,15-16H2/b13-7-,14-8+,33-25?,34-26?.